The second kappa shape index (κ2) is 11.4. The molecule has 0 radical (unpaired) electrons. The number of thiazole rings is 1. The van der Waals surface area contributed by atoms with E-state index in [1.54, 1.807) is 11.3 Å². The SMILES string of the molecule is CCc1nc(CN2CCC(CNC(=NC)N3CCc4ccccc4C3)CC2)cs1.I. The van der Waals surface area contributed by atoms with Crippen molar-refractivity contribution in [3.63, 3.8) is 0 Å². The quantitative estimate of drug-likeness (QED) is 0.352. The Morgan fingerprint density at radius 3 is 2.67 bits per heavy atom. The molecular formula is C23H34IN5S. The van der Waals surface area contributed by atoms with Crippen LogP contribution in [-0.2, 0) is 25.9 Å². The number of aliphatic imine (C=N–C) groups is 1. The maximum atomic E-state index is 4.72. The van der Waals surface area contributed by atoms with E-state index in [0.29, 0.717) is 0 Å². The molecule has 1 N–H and O–H groups in total. The monoisotopic (exact) mass is 539 g/mol. The summed E-state index contributed by atoms with van der Waals surface area (Å²) in [7, 11) is 1.91. The number of hydrogen-bond donors (Lipinski definition) is 1. The van der Waals surface area contributed by atoms with Crippen LogP contribution in [0, 0.1) is 5.92 Å². The Labute approximate surface area is 202 Å². The van der Waals surface area contributed by atoms with Gasteiger partial charge in [0.05, 0.1) is 10.7 Å². The first-order valence-electron chi connectivity index (χ1n) is 10.9. The van der Waals surface area contributed by atoms with Gasteiger partial charge >= 0.3 is 0 Å². The fraction of sp³-hybridized carbons (Fsp3) is 0.565. The number of guanidine groups is 1. The average molecular weight is 540 g/mol. The van der Waals surface area contributed by atoms with E-state index < -0.39 is 0 Å². The number of benzene rings is 1. The van der Waals surface area contributed by atoms with E-state index in [9.17, 15) is 0 Å². The fourth-order valence-corrected chi connectivity index (χ4v) is 5.14. The Balaban J connectivity index is 0.00000256. The molecule has 1 fully saturated rings. The summed E-state index contributed by atoms with van der Waals surface area (Å²) < 4.78 is 0. The van der Waals surface area contributed by atoms with Gasteiger partial charge in [-0.25, -0.2) is 4.98 Å². The van der Waals surface area contributed by atoms with Crippen molar-refractivity contribution in [2.24, 2.45) is 10.9 Å². The number of fused-ring (bicyclic) bond motifs is 1. The summed E-state index contributed by atoms with van der Waals surface area (Å²) in [6.45, 7) is 8.55. The number of aromatic nitrogens is 1. The first-order valence-corrected chi connectivity index (χ1v) is 11.8. The lowest BCUT2D eigenvalue weighted by Crippen LogP contribution is -2.46. The van der Waals surface area contributed by atoms with Gasteiger partial charge in [0.1, 0.15) is 0 Å². The van der Waals surface area contributed by atoms with Gasteiger partial charge in [-0.2, -0.15) is 0 Å². The summed E-state index contributed by atoms with van der Waals surface area (Å²) in [6.07, 6.45) is 4.64. The molecule has 1 aromatic heterocycles. The third kappa shape index (κ3) is 5.95. The molecule has 0 unspecified atom stereocenters. The van der Waals surface area contributed by atoms with Crippen LogP contribution < -0.4 is 5.32 Å². The van der Waals surface area contributed by atoms with E-state index in [0.717, 1.165) is 50.9 Å². The van der Waals surface area contributed by atoms with Crippen molar-refractivity contribution in [3.05, 3.63) is 51.5 Å². The molecular weight excluding hydrogens is 505 g/mol. The molecule has 0 spiro atoms. The fourth-order valence-electron chi connectivity index (χ4n) is 4.41. The molecule has 0 bridgehead atoms. The van der Waals surface area contributed by atoms with Crippen molar-refractivity contribution in [2.45, 2.75) is 45.7 Å². The van der Waals surface area contributed by atoms with Crippen LogP contribution in [0.1, 0.15) is 41.6 Å². The normalized spacial score (nSPS) is 18.1. The molecule has 0 amide bonds. The smallest absolute Gasteiger partial charge is 0.193 e. The van der Waals surface area contributed by atoms with Crippen molar-refractivity contribution < 1.29 is 0 Å². The molecule has 3 heterocycles. The third-order valence-electron chi connectivity index (χ3n) is 6.19. The Bertz CT molecular complexity index is 829. The number of nitrogens with one attached hydrogen (secondary N) is 1. The third-order valence-corrected chi connectivity index (χ3v) is 7.23. The topological polar surface area (TPSA) is 43.8 Å². The maximum Gasteiger partial charge on any atom is 0.193 e. The van der Waals surface area contributed by atoms with Crippen LogP contribution in [0.3, 0.4) is 0 Å². The lowest BCUT2D eigenvalue weighted by Gasteiger charge is -2.34. The van der Waals surface area contributed by atoms with Crippen LogP contribution in [0.25, 0.3) is 0 Å². The molecule has 30 heavy (non-hydrogen) atoms. The zero-order valence-electron chi connectivity index (χ0n) is 18.1. The molecule has 4 rings (SSSR count). The van der Waals surface area contributed by atoms with Crippen LogP contribution in [0.4, 0.5) is 0 Å². The van der Waals surface area contributed by atoms with Gasteiger partial charge in [0.25, 0.3) is 0 Å². The number of nitrogens with zero attached hydrogens (tertiary/aromatic N) is 4. The van der Waals surface area contributed by atoms with Crippen LogP contribution in [0.5, 0.6) is 0 Å². The zero-order chi connectivity index (χ0) is 20.1. The minimum absolute atomic E-state index is 0. The summed E-state index contributed by atoms with van der Waals surface area (Å²) in [6, 6.07) is 8.79. The summed E-state index contributed by atoms with van der Waals surface area (Å²) in [5.41, 5.74) is 4.16. The second-order valence-electron chi connectivity index (χ2n) is 8.17. The van der Waals surface area contributed by atoms with E-state index in [2.05, 4.69) is 56.7 Å². The van der Waals surface area contributed by atoms with Gasteiger partial charge in [0, 0.05) is 38.6 Å². The predicted molar refractivity (Wildman–Crippen MR) is 137 cm³/mol. The molecule has 2 aliphatic heterocycles. The Morgan fingerprint density at radius 2 is 1.97 bits per heavy atom. The van der Waals surface area contributed by atoms with Crippen molar-refractivity contribution >= 4 is 41.3 Å². The number of rotatable bonds is 5. The van der Waals surface area contributed by atoms with Gasteiger partial charge in [0.15, 0.2) is 5.96 Å². The molecule has 0 atom stereocenters. The largest absolute Gasteiger partial charge is 0.356 e. The summed E-state index contributed by atoms with van der Waals surface area (Å²) >= 11 is 1.80. The predicted octanol–water partition coefficient (Wildman–Crippen LogP) is 4.17. The number of likely N-dealkylation sites (tertiary alicyclic amines) is 1. The van der Waals surface area contributed by atoms with Crippen molar-refractivity contribution in [1.82, 2.24) is 20.1 Å². The molecule has 2 aliphatic rings. The number of aryl methyl sites for hydroxylation is 1. The van der Waals surface area contributed by atoms with Crippen molar-refractivity contribution in [2.75, 3.05) is 33.2 Å². The van der Waals surface area contributed by atoms with Gasteiger partial charge in [-0.1, -0.05) is 31.2 Å². The summed E-state index contributed by atoms with van der Waals surface area (Å²) in [5, 5.41) is 7.15. The second-order valence-corrected chi connectivity index (χ2v) is 9.12. The average Bonchev–Trinajstić information content (AvgIpc) is 3.23. The summed E-state index contributed by atoms with van der Waals surface area (Å²) in [4.78, 5) is 14.2. The minimum Gasteiger partial charge on any atom is -0.356 e. The van der Waals surface area contributed by atoms with Gasteiger partial charge in [-0.3, -0.25) is 9.89 Å². The first-order chi connectivity index (χ1) is 14.2. The van der Waals surface area contributed by atoms with Gasteiger partial charge in [0.2, 0.25) is 0 Å². The molecule has 164 valence electrons. The molecule has 2 aromatic rings. The highest BCUT2D eigenvalue weighted by atomic mass is 127. The van der Waals surface area contributed by atoms with E-state index in [1.165, 1.54) is 47.8 Å². The van der Waals surface area contributed by atoms with E-state index in [4.69, 9.17) is 4.98 Å². The lowest BCUT2D eigenvalue weighted by atomic mass is 9.96. The van der Waals surface area contributed by atoms with Gasteiger partial charge in [-0.05, 0) is 55.8 Å². The molecule has 5 nitrogen and oxygen atoms in total. The van der Waals surface area contributed by atoms with Crippen LogP contribution in [0.2, 0.25) is 0 Å². The highest BCUT2D eigenvalue weighted by Crippen LogP contribution is 2.21. The number of piperidine rings is 1. The first kappa shape index (κ1) is 23.5. The lowest BCUT2D eigenvalue weighted by molar-refractivity contribution is 0.176. The minimum atomic E-state index is 0. The molecule has 1 aromatic carbocycles. The molecule has 0 saturated carbocycles. The van der Waals surface area contributed by atoms with E-state index in [-0.39, 0.29) is 24.0 Å². The highest BCUT2D eigenvalue weighted by Gasteiger charge is 2.22. The zero-order valence-corrected chi connectivity index (χ0v) is 21.3. The Kier molecular flexibility index (Phi) is 8.95. The van der Waals surface area contributed by atoms with Crippen LogP contribution >= 0.6 is 35.3 Å². The Hall–Kier alpha value is -1.19. The number of hydrogen-bond acceptors (Lipinski definition) is 4. The van der Waals surface area contributed by atoms with E-state index >= 15 is 0 Å². The molecule has 0 aliphatic carbocycles. The van der Waals surface area contributed by atoms with Crippen LogP contribution in [0.15, 0.2) is 34.6 Å². The van der Waals surface area contributed by atoms with Crippen LogP contribution in [-0.4, -0.2) is 54.0 Å². The summed E-state index contributed by atoms with van der Waals surface area (Å²) in [5.74, 6) is 1.78. The van der Waals surface area contributed by atoms with Crippen molar-refractivity contribution in [3.8, 4) is 0 Å². The highest BCUT2D eigenvalue weighted by molar-refractivity contribution is 14.0. The van der Waals surface area contributed by atoms with E-state index in [1.807, 2.05) is 7.05 Å². The van der Waals surface area contributed by atoms with Gasteiger partial charge < -0.3 is 10.2 Å². The molecule has 7 heteroatoms. The number of halogens is 1. The van der Waals surface area contributed by atoms with Gasteiger partial charge in [-0.15, -0.1) is 35.3 Å². The Morgan fingerprint density at radius 1 is 1.20 bits per heavy atom. The molecule has 1 saturated heterocycles. The van der Waals surface area contributed by atoms with Crippen molar-refractivity contribution in [1.29, 1.82) is 0 Å². The standard InChI is InChI=1S/C23H33N5S.HI/c1-3-22-26-21(17-29-22)16-27-11-8-18(9-12-27)14-25-23(24-2)28-13-10-19-6-4-5-7-20(19)15-28;/h4-7,17-18H,3,8-16H2,1-2H3,(H,24,25);1H. The maximum absolute atomic E-state index is 4.72.